The molecule has 0 spiro atoms. The number of ether oxygens (including phenoxy) is 4. The molecule has 1 aliphatic heterocycles. The summed E-state index contributed by atoms with van der Waals surface area (Å²) in [6.45, 7) is 8.04. The van der Waals surface area contributed by atoms with E-state index in [4.69, 9.17) is 18.9 Å². The lowest BCUT2D eigenvalue weighted by Gasteiger charge is -2.35. The van der Waals surface area contributed by atoms with Gasteiger partial charge in [0.05, 0.1) is 55.7 Å². The highest BCUT2D eigenvalue weighted by molar-refractivity contribution is 7.13. The van der Waals surface area contributed by atoms with Crippen molar-refractivity contribution in [3.05, 3.63) is 119 Å². The summed E-state index contributed by atoms with van der Waals surface area (Å²) in [7, 11) is 3.35. The second-order valence-electron chi connectivity index (χ2n) is 18.9. The molecule has 6 N–H and O–H groups in total. The fourth-order valence-corrected chi connectivity index (χ4v) is 8.99. The van der Waals surface area contributed by atoms with Crippen molar-refractivity contribution in [3.8, 4) is 33.5 Å². The summed E-state index contributed by atoms with van der Waals surface area (Å²) in [5.74, 6) is 0.0664. The van der Waals surface area contributed by atoms with Gasteiger partial charge in [-0.1, -0.05) is 51.1 Å². The number of aliphatic hydroxyl groups is 1. The van der Waals surface area contributed by atoms with Gasteiger partial charge < -0.3 is 60.1 Å². The van der Waals surface area contributed by atoms with Crippen LogP contribution in [0.25, 0.3) is 22.0 Å². The quantitative estimate of drug-likeness (QED) is 0.0447. The maximum absolute atomic E-state index is 14.0. The number of nitrogens with zero attached hydrogens (tertiary/aromatic N) is 7. The summed E-state index contributed by atoms with van der Waals surface area (Å²) in [5.41, 5.74) is 6.45. The number of nitrogens with one attached hydrogen (secondary N) is 5. The third-order valence-electron chi connectivity index (χ3n) is 12.3. The highest BCUT2D eigenvalue weighted by Gasteiger charge is 2.44. The predicted molar refractivity (Wildman–Crippen MR) is 282 cm³/mol. The Morgan fingerprint density at radius 1 is 0.868 bits per heavy atom. The van der Waals surface area contributed by atoms with Crippen LogP contribution < -0.4 is 36.1 Å². The Morgan fingerprint density at radius 3 is 2.41 bits per heavy atom. The number of aromatic nitrogens is 6. The van der Waals surface area contributed by atoms with Crippen molar-refractivity contribution in [2.75, 3.05) is 58.6 Å². The summed E-state index contributed by atoms with van der Waals surface area (Å²) in [6.07, 6.45) is 2.27. The molecule has 76 heavy (non-hydrogen) atoms. The van der Waals surface area contributed by atoms with Gasteiger partial charge >= 0.3 is 0 Å². The number of benzene rings is 3. The predicted octanol–water partition coefficient (Wildman–Crippen LogP) is 3.59. The average Bonchev–Trinajstić information content (AvgIpc) is 4.15. The molecule has 0 bridgehead atoms. The number of amides is 5. The first kappa shape index (κ1) is 55.9. The van der Waals surface area contributed by atoms with Crippen molar-refractivity contribution in [1.29, 1.82) is 0 Å². The summed E-state index contributed by atoms with van der Waals surface area (Å²) >= 11 is 1.56. The van der Waals surface area contributed by atoms with E-state index in [2.05, 4.69) is 51.7 Å². The molecule has 1 fully saturated rings. The molecule has 4 heterocycles. The minimum Gasteiger partial charge on any atom is -0.496 e. The Bertz CT molecular complexity index is 2930. The minimum atomic E-state index is -1.01. The molecule has 0 radical (unpaired) electrons. The number of rotatable bonds is 25. The number of anilines is 1. The van der Waals surface area contributed by atoms with Crippen molar-refractivity contribution in [2.45, 2.75) is 71.9 Å². The van der Waals surface area contributed by atoms with Gasteiger partial charge in [-0.25, -0.2) is 15.0 Å². The second kappa shape index (κ2) is 26.6. The van der Waals surface area contributed by atoms with Crippen LogP contribution in [0, 0.1) is 12.3 Å². The van der Waals surface area contributed by atoms with E-state index in [-0.39, 0.29) is 77.4 Å². The molecule has 5 amide bonds. The summed E-state index contributed by atoms with van der Waals surface area (Å²) in [6, 6.07) is 19.8. The van der Waals surface area contributed by atoms with E-state index in [0.29, 0.717) is 46.5 Å². The first-order valence-corrected chi connectivity index (χ1v) is 25.5. The van der Waals surface area contributed by atoms with Crippen molar-refractivity contribution in [3.63, 3.8) is 0 Å². The molecule has 7 rings (SSSR count). The first-order chi connectivity index (χ1) is 36.6. The molecule has 0 saturated carbocycles. The third kappa shape index (κ3) is 15.4. The van der Waals surface area contributed by atoms with Gasteiger partial charge in [0.1, 0.15) is 42.2 Å². The Morgan fingerprint density at radius 2 is 1.67 bits per heavy atom. The van der Waals surface area contributed by atoms with Gasteiger partial charge in [-0.2, -0.15) is 0 Å². The van der Waals surface area contributed by atoms with E-state index in [1.54, 1.807) is 86.3 Å². The Labute approximate surface area is 444 Å². The van der Waals surface area contributed by atoms with Gasteiger partial charge in [0.2, 0.25) is 17.7 Å². The number of carbonyl (C=O) groups is 5. The summed E-state index contributed by atoms with van der Waals surface area (Å²) < 4.78 is 24.1. The van der Waals surface area contributed by atoms with E-state index in [1.807, 2.05) is 48.9 Å². The maximum atomic E-state index is 14.0. The lowest BCUT2D eigenvalue weighted by atomic mass is 9.85. The molecule has 3 aromatic heterocycles. The van der Waals surface area contributed by atoms with Crippen LogP contribution in [-0.4, -0.2) is 141 Å². The molecule has 23 heteroatoms. The van der Waals surface area contributed by atoms with Crippen LogP contribution in [0.1, 0.15) is 60.2 Å². The number of hydrogen-bond donors (Lipinski definition) is 6. The largest absolute Gasteiger partial charge is 0.496 e. The number of thiazole rings is 1. The molecule has 22 nitrogen and oxygen atoms in total. The molecule has 3 atom stereocenters. The monoisotopic (exact) mass is 1060 g/mol. The van der Waals surface area contributed by atoms with Gasteiger partial charge in [0.15, 0.2) is 18.3 Å². The van der Waals surface area contributed by atoms with Crippen LogP contribution in [-0.2, 0) is 55.3 Å². The third-order valence-corrected chi connectivity index (χ3v) is 13.3. The van der Waals surface area contributed by atoms with E-state index in [1.165, 1.54) is 18.3 Å². The van der Waals surface area contributed by atoms with E-state index in [0.717, 1.165) is 27.4 Å². The molecule has 0 aliphatic carbocycles. The number of aliphatic hydroxyl groups excluding tert-OH is 1. The summed E-state index contributed by atoms with van der Waals surface area (Å²) in [5, 5.41) is 33.7. The van der Waals surface area contributed by atoms with Gasteiger partial charge in [0, 0.05) is 68.7 Å². The van der Waals surface area contributed by atoms with Crippen LogP contribution in [0.4, 0.5) is 5.69 Å². The van der Waals surface area contributed by atoms with Crippen molar-refractivity contribution < 1.29 is 48.0 Å². The fraction of sp³-hybridized carbons (Fsp3) is 0.396. The highest BCUT2D eigenvalue weighted by Crippen LogP contribution is 2.29. The van der Waals surface area contributed by atoms with Crippen LogP contribution in [0.15, 0.2) is 90.8 Å². The van der Waals surface area contributed by atoms with Crippen LogP contribution in [0.3, 0.4) is 0 Å². The standard InChI is InChI=1S/C53H64N12O10S/c1-33-47(76-32-60-33)35-12-10-34(11-13-35)25-57-51(70)42-23-39(66)28-65(42)52(71)48(53(2,3)4)61-46(68)29-74-21-20-73-19-18-55-45(67)30-75-40-15-14-37(43(24-40)72-6)26-58-50(69)36-8-7-9-38(22-36)56-27-44-62-63-49(64(44)5)41-16-17-54-31-59-41/h7-17,22,24,31-32,39,42,48,56,66H,18-21,23,25-30H2,1-6H3,(H,55,67)(H,57,70)(H,58,69)(H,61,68)/t39-,42+,48-/m1/s1. The normalized spacial score (nSPS) is 14.6. The van der Waals surface area contributed by atoms with Gasteiger partial charge in [-0.05, 0) is 59.9 Å². The maximum Gasteiger partial charge on any atom is 0.258 e. The fourth-order valence-electron chi connectivity index (χ4n) is 8.18. The Kier molecular flexibility index (Phi) is 19.5. The summed E-state index contributed by atoms with van der Waals surface area (Å²) in [4.78, 5) is 81.0. The van der Waals surface area contributed by atoms with E-state index in [9.17, 15) is 29.1 Å². The molecular formula is C53H64N12O10S. The number of likely N-dealkylation sites (tertiary alicyclic amines) is 1. The van der Waals surface area contributed by atoms with Gasteiger partial charge in [-0.15, -0.1) is 21.5 Å². The van der Waals surface area contributed by atoms with Crippen LogP contribution in [0.2, 0.25) is 0 Å². The van der Waals surface area contributed by atoms with Crippen molar-refractivity contribution in [2.24, 2.45) is 12.5 Å². The van der Waals surface area contributed by atoms with Crippen molar-refractivity contribution >= 4 is 46.6 Å². The topological polar surface area (TPSA) is 275 Å². The molecule has 6 aromatic rings. The lowest BCUT2D eigenvalue weighted by molar-refractivity contribution is -0.144. The number of carbonyl (C=O) groups excluding carboxylic acids is 5. The Balaban J connectivity index is 0.760. The van der Waals surface area contributed by atoms with E-state index < -0.39 is 41.3 Å². The number of methoxy groups -OCH3 is 1. The van der Waals surface area contributed by atoms with Gasteiger partial charge in [-0.3, -0.25) is 24.0 Å². The zero-order chi connectivity index (χ0) is 54.2. The number of hydrogen-bond acceptors (Lipinski definition) is 17. The molecule has 1 aliphatic rings. The van der Waals surface area contributed by atoms with Gasteiger partial charge in [0.25, 0.3) is 11.8 Å². The lowest BCUT2D eigenvalue weighted by Crippen LogP contribution is -2.58. The Hall–Kier alpha value is -7.86. The SMILES string of the molecule is COc1cc(OCC(=O)NCCOCCOCC(=O)N[C@H](C(=O)N2C[C@H](O)C[C@H]2C(=O)NCc2ccc(-c3scnc3C)cc2)C(C)(C)C)ccc1CNC(=O)c1cccc(NCc2nnc(-c3ccncn3)n2C)c1. The number of β-amino-alcohol motifs (C(OH)–C–C–N with tert-alkyl or cyclic N) is 1. The first-order valence-electron chi connectivity index (χ1n) is 24.6. The smallest absolute Gasteiger partial charge is 0.258 e. The van der Waals surface area contributed by atoms with Crippen LogP contribution >= 0.6 is 11.3 Å². The average molecular weight is 1060 g/mol. The number of aryl methyl sites for hydroxylation is 1. The molecular weight excluding hydrogens is 997 g/mol. The second-order valence-corrected chi connectivity index (χ2v) is 19.8. The molecule has 1 saturated heterocycles. The molecule has 0 unspecified atom stereocenters. The molecule has 402 valence electrons. The van der Waals surface area contributed by atoms with Crippen molar-refractivity contribution in [1.82, 2.24) is 55.9 Å². The minimum absolute atomic E-state index is 0.0450. The molecule has 3 aromatic carbocycles. The zero-order valence-electron chi connectivity index (χ0n) is 43.3. The van der Waals surface area contributed by atoms with E-state index >= 15 is 0 Å². The highest BCUT2D eigenvalue weighted by atomic mass is 32.1. The zero-order valence-corrected chi connectivity index (χ0v) is 44.1. The van der Waals surface area contributed by atoms with Crippen LogP contribution in [0.5, 0.6) is 11.5 Å².